The van der Waals surface area contributed by atoms with Crippen LogP contribution in [0.1, 0.15) is 124 Å². The van der Waals surface area contributed by atoms with E-state index in [-0.39, 0.29) is 29.9 Å². The molecule has 0 saturated carbocycles. The number of ether oxygens (including phenoxy) is 2. The standard InChI is InChI=1S/C44H54N2O12/c1-3-5-7-10-13-18-32(47)19-14-11-8-9-12-15-22-36(44(56,43(54)55)29-38(48)49)39(50)45-37(28-31-23-25-33(26-24-31)57-27-6-4-2)42(53)58-30-46-40(51)34-20-16-17-21-35(34)41(46)52/h15-17,20-26,36-37,56H,3,5,7-14,18-19,27-30H2,1-2H3,(H,45,50)(H,48,49)(H,54,55)/b22-15+/t36-,37+,44+/m1/s1. The third-order valence-electron chi connectivity index (χ3n) is 9.72. The molecule has 2 aromatic carbocycles. The van der Waals surface area contributed by atoms with Crippen LogP contribution >= 0.6 is 0 Å². The van der Waals surface area contributed by atoms with Gasteiger partial charge in [-0.25, -0.2) is 14.5 Å². The summed E-state index contributed by atoms with van der Waals surface area (Å²) in [5, 5.41) is 33.2. The molecule has 3 atom stereocenters. The lowest BCUT2D eigenvalue weighted by Gasteiger charge is -2.30. The Morgan fingerprint density at radius 2 is 1.47 bits per heavy atom. The normalized spacial score (nSPS) is 14.2. The number of carboxylic acids is 2. The number of ketones is 1. The number of carbonyl (C=O) groups excluding carboxylic acids is 5. The Kier molecular flexibility index (Phi) is 19.3. The number of Topliss-reactive ketones (excluding diaryl/α,β-unsaturated/α-hetero) is 1. The topological polar surface area (TPSA) is 214 Å². The number of nitrogens with one attached hydrogen (secondary N) is 1. The highest BCUT2D eigenvalue weighted by Crippen LogP contribution is 2.27. The Morgan fingerprint density at radius 3 is 2.03 bits per heavy atom. The van der Waals surface area contributed by atoms with Crippen molar-refractivity contribution in [1.29, 1.82) is 0 Å². The Hall–Kier alpha value is -5.81. The van der Waals surface area contributed by atoms with Gasteiger partial charge in [-0.2, -0.15) is 0 Å². The average Bonchev–Trinajstić information content (AvgIpc) is 3.44. The van der Waals surface area contributed by atoms with E-state index in [1.54, 1.807) is 43.3 Å². The third kappa shape index (κ3) is 14.3. The molecule has 0 bridgehead atoms. The van der Waals surface area contributed by atoms with Gasteiger partial charge in [-0.05, 0) is 62.4 Å². The summed E-state index contributed by atoms with van der Waals surface area (Å²) < 4.78 is 10.9. The van der Waals surface area contributed by atoms with Crippen LogP contribution in [0.4, 0.5) is 0 Å². The van der Waals surface area contributed by atoms with Crippen LogP contribution in [0.25, 0.3) is 0 Å². The summed E-state index contributed by atoms with van der Waals surface area (Å²) in [7, 11) is 0. The number of allylic oxidation sites excluding steroid dienone is 1. The van der Waals surface area contributed by atoms with Crippen molar-refractivity contribution in [1.82, 2.24) is 10.2 Å². The van der Waals surface area contributed by atoms with Crippen molar-refractivity contribution in [2.24, 2.45) is 5.92 Å². The number of hydrogen-bond donors (Lipinski definition) is 4. The van der Waals surface area contributed by atoms with Crippen molar-refractivity contribution in [2.75, 3.05) is 13.3 Å². The lowest BCUT2D eigenvalue weighted by Crippen LogP contribution is -2.55. The average molecular weight is 803 g/mol. The van der Waals surface area contributed by atoms with Gasteiger partial charge >= 0.3 is 17.9 Å². The molecule has 1 aliphatic rings. The maximum Gasteiger partial charge on any atom is 0.337 e. The molecular weight excluding hydrogens is 748 g/mol. The minimum absolute atomic E-state index is 0.125. The number of unbranched alkanes of at least 4 members (excludes halogenated alkanes) is 8. The van der Waals surface area contributed by atoms with Crippen LogP contribution < -0.4 is 10.1 Å². The minimum Gasteiger partial charge on any atom is -0.481 e. The number of aliphatic hydroxyl groups is 1. The number of fused-ring (bicyclic) bond motifs is 1. The highest BCUT2D eigenvalue weighted by atomic mass is 16.5. The lowest BCUT2D eigenvalue weighted by atomic mass is 9.82. The predicted octanol–water partition coefficient (Wildman–Crippen LogP) is 5.65. The van der Waals surface area contributed by atoms with Gasteiger partial charge in [0.05, 0.1) is 23.5 Å². The zero-order chi connectivity index (χ0) is 42.5. The van der Waals surface area contributed by atoms with Gasteiger partial charge in [-0.15, -0.1) is 5.92 Å². The molecule has 2 aromatic rings. The number of hydrogen-bond acceptors (Lipinski definition) is 10. The molecule has 0 radical (unpaired) electrons. The zero-order valence-corrected chi connectivity index (χ0v) is 33.2. The van der Waals surface area contributed by atoms with Crippen molar-refractivity contribution in [2.45, 2.75) is 115 Å². The second-order valence-corrected chi connectivity index (χ2v) is 14.2. The van der Waals surface area contributed by atoms with Crippen LogP contribution in [0, 0.1) is 17.8 Å². The van der Waals surface area contributed by atoms with Crippen molar-refractivity contribution in [3.8, 4) is 17.6 Å². The number of carboxylic acid groups (broad SMARTS) is 2. The van der Waals surface area contributed by atoms with Crippen LogP contribution in [0.5, 0.6) is 5.75 Å². The number of esters is 1. The summed E-state index contributed by atoms with van der Waals surface area (Å²) in [6, 6.07) is 10.9. The molecule has 0 aromatic heterocycles. The van der Waals surface area contributed by atoms with E-state index in [2.05, 4.69) is 24.1 Å². The van der Waals surface area contributed by atoms with Crippen LogP contribution in [-0.2, 0) is 35.1 Å². The van der Waals surface area contributed by atoms with Gasteiger partial charge in [-0.3, -0.25) is 24.0 Å². The van der Waals surface area contributed by atoms with E-state index in [0.717, 1.165) is 55.9 Å². The maximum absolute atomic E-state index is 13.9. The Bertz CT molecular complexity index is 1810. The Balaban J connectivity index is 1.75. The Morgan fingerprint density at radius 1 is 0.862 bits per heavy atom. The molecule has 3 amide bonds. The summed E-state index contributed by atoms with van der Waals surface area (Å²) in [4.78, 5) is 90.4. The van der Waals surface area contributed by atoms with E-state index in [1.165, 1.54) is 24.6 Å². The van der Waals surface area contributed by atoms with Crippen molar-refractivity contribution >= 4 is 41.4 Å². The number of rotatable bonds is 27. The smallest absolute Gasteiger partial charge is 0.337 e. The van der Waals surface area contributed by atoms with Crippen molar-refractivity contribution < 1.29 is 58.4 Å². The molecule has 1 aliphatic heterocycles. The van der Waals surface area contributed by atoms with Gasteiger partial charge in [0.15, 0.2) is 12.3 Å². The van der Waals surface area contributed by atoms with Crippen LogP contribution in [0.3, 0.4) is 0 Å². The van der Waals surface area contributed by atoms with E-state index >= 15 is 0 Å². The molecular formula is C44H54N2O12. The molecule has 14 nitrogen and oxygen atoms in total. The molecule has 1 heterocycles. The molecule has 0 saturated heterocycles. The first-order valence-electron chi connectivity index (χ1n) is 19.7. The van der Waals surface area contributed by atoms with E-state index in [9.17, 15) is 48.9 Å². The molecule has 0 spiro atoms. The molecule has 3 rings (SSSR count). The largest absolute Gasteiger partial charge is 0.481 e. The predicted molar refractivity (Wildman–Crippen MR) is 212 cm³/mol. The van der Waals surface area contributed by atoms with Gasteiger partial charge in [0.1, 0.15) is 24.2 Å². The third-order valence-corrected chi connectivity index (χ3v) is 9.72. The number of benzene rings is 2. The number of nitrogens with zero attached hydrogens (tertiary/aromatic N) is 1. The molecule has 0 unspecified atom stereocenters. The first kappa shape index (κ1) is 46.6. The second kappa shape index (κ2) is 24.1. The number of amides is 3. The van der Waals surface area contributed by atoms with Crippen molar-refractivity contribution in [3.05, 3.63) is 77.4 Å². The number of aliphatic carboxylic acids is 2. The first-order valence-corrected chi connectivity index (χ1v) is 19.7. The maximum atomic E-state index is 13.9. The quantitative estimate of drug-likeness (QED) is 0.0284. The molecule has 0 fully saturated rings. The summed E-state index contributed by atoms with van der Waals surface area (Å²) in [6.45, 7) is 3.15. The number of carbonyl (C=O) groups is 7. The second-order valence-electron chi connectivity index (χ2n) is 14.2. The number of imide groups is 1. The van der Waals surface area contributed by atoms with Gasteiger partial charge in [0.25, 0.3) is 11.8 Å². The van der Waals surface area contributed by atoms with Crippen molar-refractivity contribution in [3.63, 3.8) is 0 Å². The van der Waals surface area contributed by atoms with E-state index in [1.807, 2.05) is 0 Å². The first-order chi connectivity index (χ1) is 27.8. The van der Waals surface area contributed by atoms with Gasteiger partial charge in [0.2, 0.25) is 5.91 Å². The highest BCUT2D eigenvalue weighted by Gasteiger charge is 2.49. The van der Waals surface area contributed by atoms with Gasteiger partial charge in [-0.1, -0.05) is 87.8 Å². The molecule has 14 heteroatoms. The lowest BCUT2D eigenvalue weighted by molar-refractivity contribution is -0.172. The minimum atomic E-state index is -3.11. The zero-order valence-electron chi connectivity index (χ0n) is 33.2. The van der Waals surface area contributed by atoms with E-state index in [0.29, 0.717) is 37.0 Å². The fourth-order valence-corrected chi connectivity index (χ4v) is 6.42. The molecule has 0 aliphatic carbocycles. The van der Waals surface area contributed by atoms with Crippen LogP contribution in [0.2, 0.25) is 0 Å². The molecule has 4 N–H and O–H groups in total. The summed E-state index contributed by atoms with van der Waals surface area (Å²) >= 11 is 0. The molecule has 58 heavy (non-hydrogen) atoms. The van der Waals surface area contributed by atoms with E-state index < -0.39 is 66.3 Å². The fraction of sp³-hybridized carbons (Fsp3) is 0.477. The summed E-state index contributed by atoms with van der Waals surface area (Å²) in [6.07, 6.45) is 10.7. The Labute approximate surface area is 339 Å². The highest BCUT2D eigenvalue weighted by molar-refractivity contribution is 6.21. The monoisotopic (exact) mass is 802 g/mol. The van der Waals surface area contributed by atoms with Crippen LogP contribution in [0.15, 0.2) is 60.7 Å². The summed E-state index contributed by atoms with van der Waals surface area (Å²) in [5.74, 6) is -3.11. The molecule has 312 valence electrons. The fourth-order valence-electron chi connectivity index (χ4n) is 6.42. The van der Waals surface area contributed by atoms with Crippen LogP contribution in [-0.4, -0.2) is 86.6 Å². The van der Waals surface area contributed by atoms with Gasteiger partial charge < -0.3 is 30.1 Å². The SMILES string of the molecule is CC#CCOc1ccc(C[C@H](NC(=O)[C@@H](/C=C/CCCCCCC(=O)CCCCCCC)[C@@](O)(CC(=O)O)C(=O)O)C(=O)OCN2C(=O)c3ccccc3C2=O)cc1. The van der Waals surface area contributed by atoms with E-state index in [4.69, 9.17) is 9.47 Å². The van der Waals surface area contributed by atoms with Gasteiger partial charge in [0, 0.05) is 19.3 Å². The summed E-state index contributed by atoms with van der Waals surface area (Å²) in [5.41, 5.74) is -2.38.